The third kappa shape index (κ3) is 5.67. The van der Waals surface area contributed by atoms with E-state index in [1.54, 1.807) is 24.3 Å². The van der Waals surface area contributed by atoms with Crippen LogP contribution in [-0.4, -0.2) is 21.7 Å². The molecule has 23 heavy (non-hydrogen) atoms. The summed E-state index contributed by atoms with van der Waals surface area (Å²) in [5.41, 5.74) is 1.60. The lowest BCUT2D eigenvalue weighted by Gasteiger charge is -2.22. The van der Waals surface area contributed by atoms with E-state index in [9.17, 15) is 9.90 Å². The van der Waals surface area contributed by atoms with Gasteiger partial charge in [0.15, 0.2) is 0 Å². The average Bonchev–Trinajstić information content (AvgIpc) is 2.59. The Morgan fingerprint density at radius 3 is 2.43 bits per heavy atom. The molecule has 122 valence electrons. The average molecular weight is 446 g/mol. The maximum absolute atomic E-state index is 11.9. The van der Waals surface area contributed by atoms with Crippen molar-refractivity contribution in [2.75, 3.05) is 4.43 Å². The lowest BCUT2D eigenvalue weighted by Crippen LogP contribution is -2.40. The van der Waals surface area contributed by atoms with E-state index in [1.807, 2.05) is 30.3 Å². The van der Waals surface area contributed by atoms with Gasteiger partial charge in [0.2, 0.25) is 0 Å². The SMILES string of the molecule is O=C(N[C@@H](CI)C(O)c1ccc(Cl)cc1)OCc1ccccc1. The van der Waals surface area contributed by atoms with Crippen LogP contribution in [0, 0.1) is 0 Å². The first-order valence-corrected chi connectivity index (χ1v) is 8.97. The standard InChI is InChI=1S/C17H17ClINO3/c18-14-8-6-13(7-9-14)16(21)15(10-19)20-17(22)23-11-12-4-2-1-3-5-12/h1-9,15-16,21H,10-11H2,(H,20,22)/t15-,16?/m0/s1. The maximum Gasteiger partial charge on any atom is 0.407 e. The molecule has 6 heteroatoms. The van der Waals surface area contributed by atoms with Crippen LogP contribution in [-0.2, 0) is 11.3 Å². The highest BCUT2D eigenvalue weighted by Crippen LogP contribution is 2.20. The van der Waals surface area contributed by atoms with Crippen molar-refractivity contribution in [3.05, 3.63) is 70.7 Å². The largest absolute Gasteiger partial charge is 0.445 e. The predicted octanol–water partition coefficient (Wildman–Crippen LogP) is 4.10. The summed E-state index contributed by atoms with van der Waals surface area (Å²) in [6.07, 6.45) is -1.38. The zero-order valence-electron chi connectivity index (χ0n) is 12.3. The first-order valence-electron chi connectivity index (χ1n) is 7.07. The van der Waals surface area contributed by atoms with E-state index < -0.39 is 18.2 Å². The van der Waals surface area contributed by atoms with Gasteiger partial charge in [-0.2, -0.15) is 0 Å². The number of alkyl carbamates (subject to hydrolysis) is 1. The Hall–Kier alpha value is -1.31. The molecule has 4 nitrogen and oxygen atoms in total. The van der Waals surface area contributed by atoms with Crippen molar-refractivity contribution in [2.45, 2.75) is 18.8 Å². The second-order valence-electron chi connectivity index (χ2n) is 4.96. The van der Waals surface area contributed by atoms with Crippen LogP contribution in [0.2, 0.25) is 5.02 Å². The fourth-order valence-electron chi connectivity index (χ4n) is 2.01. The summed E-state index contributed by atoms with van der Waals surface area (Å²) in [7, 11) is 0. The van der Waals surface area contributed by atoms with Crippen LogP contribution in [0.4, 0.5) is 4.79 Å². The van der Waals surface area contributed by atoms with Crippen LogP contribution in [0.5, 0.6) is 0 Å². The van der Waals surface area contributed by atoms with Gasteiger partial charge in [-0.15, -0.1) is 0 Å². The number of ether oxygens (including phenoxy) is 1. The molecule has 0 aliphatic heterocycles. The molecule has 1 amide bonds. The topological polar surface area (TPSA) is 58.6 Å². The Kier molecular flexibility index (Phi) is 7.14. The molecule has 0 aromatic heterocycles. The van der Waals surface area contributed by atoms with Gasteiger partial charge in [-0.25, -0.2) is 4.79 Å². The van der Waals surface area contributed by atoms with Crippen molar-refractivity contribution in [1.29, 1.82) is 0 Å². The summed E-state index contributed by atoms with van der Waals surface area (Å²) in [6, 6.07) is 15.9. The molecule has 2 atom stereocenters. The minimum atomic E-state index is -0.826. The molecule has 0 spiro atoms. The van der Waals surface area contributed by atoms with E-state index in [-0.39, 0.29) is 6.61 Å². The maximum atomic E-state index is 11.9. The van der Waals surface area contributed by atoms with Crippen molar-refractivity contribution in [2.24, 2.45) is 0 Å². The van der Waals surface area contributed by atoms with Gasteiger partial charge in [0, 0.05) is 9.45 Å². The molecule has 0 fully saturated rings. The third-order valence-electron chi connectivity index (χ3n) is 3.27. The first-order chi connectivity index (χ1) is 11.1. The minimum Gasteiger partial charge on any atom is -0.445 e. The molecule has 1 unspecified atom stereocenters. The van der Waals surface area contributed by atoms with Crippen molar-refractivity contribution in [3.63, 3.8) is 0 Å². The molecular weight excluding hydrogens is 429 g/mol. The highest BCUT2D eigenvalue weighted by Gasteiger charge is 2.22. The first kappa shape index (κ1) is 18.0. The van der Waals surface area contributed by atoms with Crippen molar-refractivity contribution in [3.8, 4) is 0 Å². The van der Waals surface area contributed by atoms with Crippen molar-refractivity contribution >= 4 is 40.3 Å². The number of halogens is 2. The molecule has 0 heterocycles. The summed E-state index contributed by atoms with van der Waals surface area (Å²) in [4.78, 5) is 11.9. The Morgan fingerprint density at radius 2 is 1.83 bits per heavy atom. The summed E-state index contributed by atoms with van der Waals surface area (Å²) < 4.78 is 5.72. The third-order valence-corrected chi connectivity index (χ3v) is 4.48. The lowest BCUT2D eigenvalue weighted by atomic mass is 10.0. The number of amides is 1. The normalized spacial score (nSPS) is 13.2. The number of rotatable bonds is 6. The molecule has 0 bridgehead atoms. The Balaban J connectivity index is 1.90. The molecule has 0 saturated heterocycles. The quantitative estimate of drug-likeness (QED) is 0.520. The van der Waals surface area contributed by atoms with Crippen LogP contribution in [0.1, 0.15) is 17.2 Å². The number of hydrogen-bond acceptors (Lipinski definition) is 3. The number of aliphatic hydroxyl groups excluding tert-OH is 1. The number of carbonyl (C=O) groups is 1. The van der Waals surface area contributed by atoms with Gasteiger partial charge in [-0.05, 0) is 23.3 Å². The van der Waals surface area contributed by atoms with E-state index >= 15 is 0 Å². The van der Waals surface area contributed by atoms with Crippen LogP contribution in [0.15, 0.2) is 54.6 Å². The summed E-state index contributed by atoms with van der Waals surface area (Å²) in [6.45, 7) is 0.192. The zero-order valence-corrected chi connectivity index (χ0v) is 15.2. The lowest BCUT2D eigenvalue weighted by molar-refractivity contribution is 0.108. The highest BCUT2D eigenvalue weighted by atomic mass is 127. The minimum absolute atomic E-state index is 0.192. The second-order valence-corrected chi connectivity index (χ2v) is 6.28. The van der Waals surface area contributed by atoms with Gasteiger partial charge in [-0.3, -0.25) is 0 Å². The van der Waals surface area contributed by atoms with Gasteiger partial charge in [-0.1, -0.05) is 76.7 Å². The number of alkyl halides is 1. The van der Waals surface area contributed by atoms with Crippen LogP contribution >= 0.6 is 34.2 Å². The molecule has 2 N–H and O–H groups in total. The predicted molar refractivity (Wildman–Crippen MR) is 98.8 cm³/mol. The molecule has 2 aromatic rings. The summed E-state index contributed by atoms with van der Waals surface area (Å²) in [5.74, 6) is 0. The van der Waals surface area contributed by atoms with E-state index in [4.69, 9.17) is 16.3 Å². The number of hydrogen-bond donors (Lipinski definition) is 2. The molecular formula is C17H17ClINO3. The van der Waals surface area contributed by atoms with Crippen LogP contribution in [0.25, 0.3) is 0 Å². The molecule has 0 aliphatic carbocycles. The van der Waals surface area contributed by atoms with E-state index in [1.165, 1.54) is 0 Å². The Bertz CT molecular complexity index is 621. The number of benzene rings is 2. The second kappa shape index (κ2) is 9.10. The molecule has 0 aliphatic rings. The van der Waals surface area contributed by atoms with E-state index in [2.05, 4.69) is 27.9 Å². The van der Waals surface area contributed by atoms with Gasteiger partial charge >= 0.3 is 6.09 Å². The highest BCUT2D eigenvalue weighted by molar-refractivity contribution is 14.1. The molecule has 0 saturated carbocycles. The Labute approximate surface area is 153 Å². The monoisotopic (exact) mass is 445 g/mol. The summed E-state index contributed by atoms with van der Waals surface area (Å²) in [5, 5.41) is 13.7. The van der Waals surface area contributed by atoms with Crippen LogP contribution in [0.3, 0.4) is 0 Å². The summed E-state index contributed by atoms with van der Waals surface area (Å²) >= 11 is 7.96. The molecule has 2 aromatic carbocycles. The number of nitrogens with one attached hydrogen (secondary N) is 1. The van der Waals surface area contributed by atoms with Gasteiger partial charge in [0.05, 0.1) is 6.04 Å². The van der Waals surface area contributed by atoms with Gasteiger partial charge in [0.25, 0.3) is 0 Å². The Morgan fingerprint density at radius 1 is 1.17 bits per heavy atom. The number of aliphatic hydroxyl groups is 1. The van der Waals surface area contributed by atoms with Crippen molar-refractivity contribution in [1.82, 2.24) is 5.32 Å². The fourth-order valence-corrected chi connectivity index (χ4v) is 2.84. The van der Waals surface area contributed by atoms with Crippen LogP contribution < -0.4 is 5.32 Å². The molecule has 2 rings (SSSR count). The van der Waals surface area contributed by atoms with E-state index in [0.29, 0.717) is 15.0 Å². The fraction of sp³-hybridized carbons (Fsp3) is 0.235. The smallest absolute Gasteiger partial charge is 0.407 e. The van der Waals surface area contributed by atoms with Gasteiger partial charge < -0.3 is 15.2 Å². The number of carbonyl (C=O) groups excluding carboxylic acids is 1. The van der Waals surface area contributed by atoms with Gasteiger partial charge in [0.1, 0.15) is 12.7 Å². The van der Waals surface area contributed by atoms with Crippen molar-refractivity contribution < 1.29 is 14.6 Å². The van der Waals surface area contributed by atoms with E-state index in [0.717, 1.165) is 5.56 Å². The zero-order chi connectivity index (χ0) is 16.7. The molecule has 0 radical (unpaired) electrons.